The predicted molar refractivity (Wildman–Crippen MR) is 74.6 cm³/mol. The van der Waals surface area contributed by atoms with E-state index in [1.54, 1.807) is 6.92 Å². The molecule has 1 atom stereocenters. The first-order valence-electron chi connectivity index (χ1n) is 5.50. The number of nitro groups is 1. The quantitative estimate of drug-likeness (QED) is 0.606. The molecule has 0 bridgehead atoms. The number of aliphatic hydroxyl groups is 1. The van der Waals surface area contributed by atoms with Crippen molar-refractivity contribution in [3.63, 3.8) is 0 Å². The number of rotatable bonds is 6. The molecule has 0 aliphatic heterocycles. The Morgan fingerprint density at radius 1 is 1.45 bits per heavy atom. The van der Waals surface area contributed by atoms with Gasteiger partial charge in [-0.3, -0.25) is 10.1 Å². The first-order valence-corrected chi connectivity index (χ1v) is 7.74. The van der Waals surface area contributed by atoms with Gasteiger partial charge in [-0.2, -0.15) is 0 Å². The van der Waals surface area contributed by atoms with E-state index in [0.717, 1.165) is 12.1 Å². The molecule has 1 aromatic carbocycles. The summed E-state index contributed by atoms with van der Waals surface area (Å²) >= 11 is 11.4. The summed E-state index contributed by atoms with van der Waals surface area (Å²) in [5, 5.41) is 19.3. The fraction of sp³-hybridized carbons (Fsp3) is 0.400. The van der Waals surface area contributed by atoms with Crippen LogP contribution < -0.4 is 4.72 Å². The van der Waals surface area contributed by atoms with E-state index in [2.05, 4.69) is 4.72 Å². The molecule has 10 heteroatoms. The van der Waals surface area contributed by atoms with Gasteiger partial charge in [0.2, 0.25) is 10.0 Å². The monoisotopic (exact) mass is 342 g/mol. The summed E-state index contributed by atoms with van der Waals surface area (Å²) in [6.07, 6.45) is -0.498. The zero-order valence-electron chi connectivity index (χ0n) is 10.3. The predicted octanol–water partition coefficient (Wildman–Crippen LogP) is 1.95. The first kappa shape index (κ1) is 17.1. The van der Waals surface area contributed by atoms with E-state index in [1.807, 2.05) is 0 Å². The van der Waals surface area contributed by atoms with Crippen molar-refractivity contribution in [1.82, 2.24) is 4.72 Å². The minimum atomic E-state index is -4.07. The number of aliphatic hydroxyl groups excluding tert-OH is 1. The number of benzene rings is 1. The third-order valence-corrected chi connectivity index (χ3v) is 4.75. The van der Waals surface area contributed by atoms with Gasteiger partial charge in [-0.05, 0) is 18.6 Å². The molecule has 0 aromatic heterocycles. The van der Waals surface area contributed by atoms with Crippen LogP contribution in [-0.2, 0) is 10.0 Å². The zero-order chi connectivity index (χ0) is 15.5. The molecular formula is C10H12Cl2N2O5S. The van der Waals surface area contributed by atoms with Crippen LogP contribution in [0.3, 0.4) is 0 Å². The number of hydrogen-bond acceptors (Lipinski definition) is 5. The molecule has 1 unspecified atom stereocenters. The molecule has 0 radical (unpaired) electrons. The van der Waals surface area contributed by atoms with E-state index in [0.29, 0.717) is 6.42 Å². The molecule has 0 saturated carbocycles. The number of nitro benzene ring substituents is 1. The highest BCUT2D eigenvalue weighted by atomic mass is 35.5. The minimum absolute atomic E-state index is 0.217. The number of nitrogens with one attached hydrogen (secondary N) is 1. The highest BCUT2D eigenvalue weighted by Crippen LogP contribution is 2.36. The van der Waals surface area contributed by atoms with Crippen LogP contribution in [0.25, 0.3) is 0 Å². The number of nitrogens with zero attached hydrogens (tertiary/aromatic N) is 1. The lowest BCUT2D eigenvalue weighted by Crippen LogP contribution is -2.32. The maximum absolute atomic E-state index is 12.0. The van der Waals surface area contributed by atoms with Crippen LogP contribution in [0.5, 0.6) is 0 Å². The summed E-state index contributed by atoms with van der Waals surface area (Å²) in [7, 11) is -4.07. The van der Waals surface area contributed by atoms with Crippen LogP contribution in [0.1, 0.15) is 13.3 Å². The van der Waals surface area contributed by atoms with Crippen molar-refractivity contribution in [1.29, 1.82) is 0 Å². The summed E-state index contributed by atoms with van der Waals surface area (Å²) in [6.45, 7) is 1.46. The second-order valence-corrected chi connectivity index (χ2v) is 6.40. The van der Waals surface area contributed by atoms with Crippen molar-refractivity contribution < 1.29 is 18.4 Å². The van der Waals surface area contributed by atoms with Gasteiger partial charge in [-0.15, -0.1) is 0 Å². The van der Waals surface area contributed by atoms with Gasteiger partial charge in [0.25, 0.3) is 0 Å². The third kappa shape index (κ3) is 3.80. The summed E-state index contributed by atoms with van der Waals surface area (Å²) in [5.41, 5.74) is -0.674. The first-order chi connectivity index (χ1) is 9.20. The van der Waals surface area contributed by atoms with Crippen molar-refractivity contribution in [2.45, 2.75) is 24.3 Å². The van der Waals surface area contributed by atoms with E-state index in [9.17, 15) is 23.6 Å². The Morgan fingerprint density at radius 2 is 2.05 bits per heavy atom. The molecule has 0 aliphatic carbocycles. The van der Waals surface area contributed by atoms with Gasteiger partial charge in [0.1, 0.15) is 14.9 Å². The molecule has 2 N–H and O–H groups in total. The standard InChI is InChI=1S/C10H12Cl2N2O5S/c1-2-6(15)5-13-20(18,19)8-4-3-7(11)10(9(8)12)14(16)17/h3-4,6,13,15H,2,5H2,1H3. The van der Waals surface area contributed by atoms with Crippen molar-refractivity contribution in [3.05, 3.63) is 32.3 Å². The van der Waals surface area contributed by atoms with E-state index < -0.39 is 36.7 Å². The molecule has 0 amide bonds. The summed E-state index contributed by atoms with van der Waals surface area (Å²) < 4.78 is 26.1. The molecule has 20 heavy (non-hydrogen) atoms. The third-order valence-electron chi connectivity index (χ3n) is 2.48. The molecule has 0 spiro atoms. The van der Waals surface area contributed by atoms with Crippen molar-refractivity contribution in [3.8, 4) is 0 Å². The molecule has 0 heterocycles. The van der Waals surface area contributed by atoms with Gasteiger partial charge in [-0.25, -0.2) is 13.1 Å². The summed E-state index contributed by atoms with van der Waals surface area (Å²) in [6, 6.07) is 2.15. The lowest BCUT2D eigenvalue weighted by atomic mass is 10.3. The Bertz CT molecular complexity index is 620. The summed E-state index contributed by atoms with van der Waals surface area (Å²) in [5.74, 6) is 0. The smallest absolute Gasteiger partial charge is 0.307 e. The van der Waals surface area contributed by atoms with Crippen LogP contribution in [0, 0.1) is 10.1 Å². The summed E-state index contributed by atoms with van der Waals surface area (Å²) in [4.78, 5) is 9.50. The SMILES string of the molecule is CCC(O)CNS(=O)(=O)c1ccc(Cl)c([N+](=O)[O-])c1Cl. The largest absolute Gasteiger partial charge is 0.392 e. The van der Waals surface area contributed by atoms with E-state index in [1.165, 1.54) is 0 Å². The second kappa shape index (κ2) is 6.68. The highest BCUT2D eigenvalue weighted by molar-refractivity contribution is 7.89. The van der Waals surface area contributed by atoms with Gasteiger partial charge in [-0.1, -0.05) is 30.1 Å². The molecule has 1 aromatic rings. The molecule has 0 saturated heterocycles. The van der Waals surface area contributed by atoms with E-state index in [4.69, 9.17) is 23.2 Å². The number of hydrogen-bond donors (Lipinski definition) is 2. The van der Waals surface area contributed by atoms with Gasteiger partial charge in [0.15, 0.2) is 0 Å². The van der Waals surface area contributed by atoms with Gasteiger partial charge >= 0.3 is 5.69 Å². The normalized spacial score (nSPS) is 13.2. The molecular weight excluding hydrogens is 331 g/mol. The average molecular weight is 343 g/mol. The minimum Gasteiger partial charge on any atom is -0.392 e. The molecule has 1 rings (SSSR count). The molecule has 0 fully saturated rings. The lowest BCUT2D eigenvalue weighted by molar-refractivity contribution is -0.384. The van der Waals surface area contributed by atoms with Crippen LogP contribution >= 0.6 is 23.2 Å². The van der Waals surface area contributed by atoms with Crippen LogP contribution in [0.4, 0.5) is 5.69 Å². The fourth-order valence-electron chi connectivity index (χ4n) is 1.33. The zero-order valence-corrected chi connectivity index (χ0v) is 12.7. The van der Waals surface area contributed by atoms with Crippen molar-refractivity contribution in [2.24, 2.45) is 0 Å². The number of halogens is 2. The van der Waals surface area contributed by atoms with Gasteiger partial charge < -0.3 is 5.11 Å². The maximum Gasteiger partial charge on any atom is 0.307 e. The topological polar surface area (TPSA) is 110 Å². The Labute approximate surface area is 125 Å². The Kier molecular flexibility index (Phi) is 5.72. The second-order valence-electron chi connectivity index (χ2n) is 3.88. The highest BCUT2D eigenvalue weighted by Gasteiger charge is 2.27. The maximum atomic E-state index is 12.0. The Balaban J connectivity index is 3.20. The van der Waals surface area contributed by atoms with Crippen molar-refractivity contribution >= 4 is 38.9 Å². The van der Waals surface area contributed by atoms with Crippen LogP contribution in [0.15, 0.2) is 17.0 Å². The molecule has 7 nitrogen and oxygen atoms in total. The van der Waals surface area contributed by atoms with Crippen molar-refractivity contribution in [2.75, 3.05) is 6.54 Å². The van der Waals surface area contributed by atoms with Crippen LogP contribution in [0.2, 0.25) is 10.0 Å². The fourth-order valence-corrected chi connectivity index (χ4v) is 3.29. The van der Waals surface area contributed by atoms with Gasteiger partial charge in [0, 0.05) is 6.54 Å². The average Bonchev–Trinajstić information content (AvgIpc) is 2.35. The van der Waals surface area contributed by atoms with E-state index in [-0.39, 0.29) is 11.6 Å². The van der Waals surface area contributed by atoms with Gasteiger partial charge in [0.05, 0.1) is 11.0 Å². The van der Waals surface area contributed by atoms with Crippen LogP contribution in [-0.4, -0.2) is 31.1 Å². The number of sulfonamides is 1. The molecule has 112 valence electrons. The van der Waals surface area contributed by atoms with E-state index >= 15 is 0 Å². The molecule has 0 aliphatic rings. The Morgan fingerprint density at radius 3 is 2.55 bits per heavy atom. The Hall–Kier alpha value is -0.930. The lowest BCUT2D eigenvalue weighted by Gasteiger charge is -2.11.